The summed E-state index contributed by atoms with van der Waals surface area (Å²) in [6, 6.07) is 3.49. The summed E-state index contributed by atoms with van der Waals surface area (Å²) in [5.41, 5.74) is 6.87. The van der Waals surface area contributed by atoms with E-state index in [1.807, 2.05) is 17.9 Å². The smallest absolute Gasteiger partial charge is 0.246 e. The molecule has 0 bridgehead atoms. The van der Waals surface area contributed by atoms with Gasteiger partial charge in [-0.15, -0.1) is 24.8 Å². The zero-order chi connectivity index (χ0) is 22.7. The number of carbonyl (C=O) groups is 2. The average molecular weight is 515 g/mol. The summed E-state index contributed by atoms with van der Waals surface area (Å²) in [6.07, 6.45) is 9.98. The molecule has 34 heavy (non-hydrogen) atoms. The lowest BCUT2D eigenvalue weighted by atomic mass is 9.84. The molecular weight excluding hydrogens is 473 g/mol. The summed E-state index contributed by atoms with van der Waals surface area (Å²) in [5.74, 6) is 1.49. The molecule has 2 heterocycles. The van der Waals surface area contributed by atoms with Gasteiger partial charge in [0.25, 0.3) is 0 Å². The molecule has 1 aromatic heterocycles. The van der Waals surface area contributed by atoms with Gasteiger partial charge in [0.2, 0.25) is 11.8 Å². The second-order valence-corrected chi connectivity index (χ2v) is 9.97. The van der Waals surface area contributed by atoms with E-state index < -0.39 is 5.54 Å². The van der Waals surface area contributed by atoms with Crippen LogP contribution in [0.1, 0.15) is 76.0 Å². The molecule has 3 fully saturated rings. The van der Waals surface area contributed by atoms with Crippen LogP contribution in [0.2, 0.25) is 0 Å². The number of nitrogens with zero attached hydrogens (tertiary/aromatic N) is 2. The number of piperidine rings is 1. The lowest BCUT2D eigenvalue weighted by Gasteiger charge is -2.38. The van der Waals surface area contributed by atoms with Crippen molar-refractivity contribution in [3.8, 4) is 0 Å². The van der Waals surface area contributed by atoms with Gasteiger partial charge in [0.15, 0.2) is 0 Å². The van der Waals surface area contributed by atoms with E-state index in [1.54, 1.807) is 6.07 Å². The third-order valence-corrected chi connectivity index (χ3v) is 7.85. The van der Waals surface area contributed by atoms with Crippen LogP contribution in [0, 0.1) is 18.8 Å². The first-order valence-electron chi connectivity index (χ1n) is 12.5. The molecule has 0 aromatic carbocycles. The van der Waals surface area contributed by atoms with Gasteiger partial charge in [0.05, 0.1) is 6.04 Å². The maximum absolute atomic E-state index is 13.7. The van der Waals surface area contributed by atoms with Gasteiger partial charge in [-0.1, -0.05) is 45.1 Å². The highest BCUT2D eigenvalue weighted by Crippen LogP contribution is 2.54. The van der Waals surface area contributed by atoms with E-state index in [1.165, 1.54) is 32.1 Å². The van der Waals surface area contributed by atoms with Crippen LogP contribution < -0.4 is 16.4 Å². The number of nitrogens with two attached hydrogens (primary N) is 1. The number of rotatable bonds is 8. The van der Waals surface area contributed by atoms with Gasteiger partial charge in [0.1, 0.15) is 11.4 Å². The lowest BCUT2D eigenvalue weighted by Crippen LogP contribution is -2.59. The fourth-order valence-electron chi connectivity index (χ4n) is 5.98. The number of anilines is 1. The molecule has 3 atom stereocenters. The Balaban J connectivity index is 0.00000204. The Morgan fingerprint density at radius 3 is 2.59 bits per heavy atom. The van der Waals surface area contributed by atoms with Crippen LogP contribution in [-0.2, 0) is 16.1 Å². The molecule has 0 spiro atoms. The van der Waals surface area contributed by atoms with Crippen LogP contribution in [-0.4, -0.2) is 46.4 Å². The van der Waals surface area contributed by atoms with Crippen LogP contribution in [0.3, 0.4) is 0 Å². The van der Waals surface area contributed by atoms with Crippen molar-refractivity contribution in [3.63, 3.8) is 0 Å². The molecule has 0 radical (unpaired) electrons. The highest BCUT2D eigenvalue weighted by molar-refractivity contribution is 5.96. The largest absolute Gasteiger partial charge is 0.384 e. The predicted molar refractivity (Wildman–Crippen MR) is 140 cm³/mol. The third kappa shape index (κ3) is 5.97. The number of halogens is 2. The van der Waals surface area contributed by atoms with Gasteiger partial charge in [-0.2, -0.15) is 0 Å². The van der Waals surface area contributed by atoms with E-state index in [4.69, 9.17) is 5.73 Å². The summed E-state index contributed by atoms with van der Waals surface area (Å²) in [7, 11) is 0. The molecule has 0 unspecified atom stereocenters. The first kappa shape index (κ1) is 28.7. The van der Waals surface area contributed by atoms with Crippen molar-refractivity contribution in [2.75, 3.05) is 18.8 Å². The number of aryl methyl sites for hydroxylation is 1. The zero-order valence-corrected chi connectivity index (χ0v) is 22.1. The number of hydrogen-bond acceptors (Lipinski definition) is 5. The van der Waals surface area contributed by atoms with E-state index in [2.05, 4.69) is 22.5 Å². The van der Waals surface area contributed by atoms with E-state index >= 15 is 0 Å². The molecule has 1 saturated heterocycles. The molecule has 1 aromatic rings. The normalized spacial score (nSPS) is 24.8. The first-order chi connectivity index (χ1) is 15.5. The zero-order valence-electron chi connectivity index (χ0n) is 20.5. The summed E-state index contributed by atoms with van der Waals surface area (Å²) < 4.78 is 0. The van der Waals surface area contributed by atoms with Crippen LogP contribution in [0.25, 0.3) is 0 Å². The van der Waals surface area contributed by atoms with Crippen LogP contribution >= 0.6 is 24.8 Å². The Morgan fingerprint density at radius 2 is 1.91 bits per heavy atom. The number of likely N-dealkylation sites (N-methyl/N-ethyl adjacent to an activating group) is 1. The van der Waals surface area contributed by atoms with Crippen LogP contribution in [0.15, 0.2) is 12.1 Å². The molecule has 9 heteroatoms. The number of hydrogen-bond donors (Lipinski definition) is 3. The third-order valence-electron chi connectivity index (χ3n) is 7.85. The summed E-state index contributed by atoms with van der Waals surface area (Å²) in [5, 5.41) is 6.56. The minimum Gasteiger partial charge on any atom is -0.384 e. The molecule has 2 saturated carbocycles. The maximum atomic E-state index is 13.7. The Labute approximate surface area is 216 Å². The minimum atomic E-state index is -0.662. The van der Waals surface area contributed by atoms with Crippen molar-refractivity contribution in [3.05, 3.63) is 23.4 Å². The van der Waals surface area contributed by atoms with Crippen LogP contribution in [0.4, 0.5) is 5.82 Å². The fraction of sp³-hybridized carbons (Fsp3) is 0.720. The van der Waals surface area contributed by atoms with E-state index in [-0.39, 0.29) is 48.6 Å². The Bertz CT molecular complexity index is 849. The second kappa shape index (κ2) is 12.4. The standard InChI is InChI=1S/C25H39N5O2.2ClH/c1-3-27-21(14-18-8-5-4-6-9-18)23(31)30-13-7-10-20-15-25(20,30)24(32)28-16-19-11-12-22(26)29-17(19)2;;/h11-12,18,20-21,27H,3-10,13-16H2,1-2H3,(H2,26,29)(H,28,32);2*1H/t20-,21-,25+;;/m1../s1. The number of carbonyl (C=O) groups excluding carboxylic acids is 2. The molecule has 192 valence electrons. The van der Waals surface area contributed by atoms with Gasteiger partial charge in [-0.05, 0) is 62.6 Å². The Kier molecular flexibility index (Phi) is 10.5. The van der Waals surface area contributed by atoms with Crippen molar-refractivity contribution >= 4 is 42.4 Å². The Morgan fingerprint density at radius 1 is 1.18 bits per heavy atom. The molecule has 4 rings (SSSR count). The minimum absolute atomic E-state index is 0. The van der Waals surface area contributed by atoms with Gasteiger partial charge < -0.3 is 21.3 Å². The number of fused-ring (bicyclic) bond motifs is 1. The van der Waals surface area contributed by atoms with E-state index in [9.17, 15) is 9.59 Å². The molecule has 7 nitrogen and oxygen atoms in total. The first-order valence-corrected chi connectivity index (χ1v) is 12.5. The van der Waals surface area contributed by atoms with Crippen molar-refractivity contribution in [2.45, 2.75) is 89.8 Å². The fourth-order valence-corrected chi connectivity index (χ4v) is 5.98. The number of pyridine rings is 1. The van der Waals surface area contributed by atoms with Gasteiger partial charge in [0, 0.05) is 18.8 Å². The lowest BCUT2D eigenvalue weighted by molar-refractivity contribution is -0.146. The van der Waals surface area contributed by atoms with E-state index in [0.717, 1.165) is 43.5 Å². The predicted octanol–water partition coefficient (Wildman–Crippen LogP) is 3.76. The van der Waals surface area contributed by atoms with Gasteiger partial charge in [-0.25, -0.2) is 4.98 Å². The highest BCUT2D eigenvalue weighted by Gasteiger charge is 2.66. The average Bonchev–Trinajstić information content (AvgIpc) is 3.54. The van der Waals surface area contributed by atoms with Crippen molar-refractivity contribution in [1.29, 1.82) is 0 Å². The molecular formula is C25H41Cl2N5O2. The number of nitrogen functional groups attached to an aromatic ring is 1. The quantitative estimate of drug-likeness (QED) is 0.491. The van der Waals surface area contributed by atoms with Gasteiger partial charge in [-0.3, -0.25) is 9.59 Å². The molecule has 2 aliphatic carbocycles. The van der Waals surface area contributed by atoms with Gasteiger partial charge >= 0.3 is 0 Å². The number of amides is 2. The van der Waals surface area contributed by atoms with Crippen molar-refractivity contribution in [1.82, 2.24) is 20.5 Å². The van der Waals surface area contributed by atoms with Crippen LogP contribution in [0.5, 0.6) is 0 Å². The number of likely N-dealkylation sites (tertiary alicyclic amines) is 1. The Hall–Kier alpha value is -1.57. The number of aromatic nitrogens is 1. The highest BCUT2D eigenvalue weighted by atomic mass is 35.5. The SMILES string of the molecule is CCN[C@H](CC1CCCCC1)C(=O)N1CCC[C@@H]2C[C@@]21C(=O)NCc1ccc(N)nc1C.Cl.Cl. The van der Waals surface area contributed by atoms with E-state index in [0.29, 0.717) is 24.8 Å². The van der Waals surface area contributed by atoms with Crippen molar-refractivity contribution < 1.29 is 9.59 Å². The summed E-state index contributed by atoms with van der Waals surface area (Å²) in [6.45, 7) is 5.81. The molecule has 2 amide bonds. The summed E-state index contributed by atoms with van der Waals surface area (Å²) >= 11 is 0. The molecule has 3 aliphatic rings. The summed E-state index contributed by atoms with van der Waals surface area (Å²) in [4.78, 5) is 33.4. The molecule has 1 aliphatic heterocycles. The molecule has 4 N–H and O–H groups in total. The topological polar surface area (TPSA) is 100 Å². The monoisotopic (exact) mass is 513 g/mol. The van der Waals surface area contributed by atoms with Crippen molar-refractivity contribution in [2.24, 2.45) is 11.8 Å². The maximum Gasteiger partial charge on any atom is 0.246 e. The number of nitrogens with one attached hydrogen (secondary N) is 2. The second-order valence-electron chi connectivity index (χ2n) is 9.97.